The number of carbonyl (C=O) groups excluding carboxylic acids is 1. The van der Waals surface area contributed by atoms with E-state index in [1.165, 1.54) is 6.20 Å². The van der Waals surface area contributed by atoms with Gasteiger partial charge in [0, 0.05) is 19.3 Å². The molecular weight excluding hydrogens is 363 g/mol. The van der Waals surface area contributed by atoms with Crippen molar-refractivity contribution < 1.29 is 18.7 Å². The van der Waals surface area contributed by atoms with Gasteiger partial charge in [-0.25, -0.2) is 9.18 Å². The normalized spacial score (nSPS) is 17.4. The highest BCUT2D eigenvalue weighted by molar-refractivity contribution is 6.37. The first-order chi connectivity index (χ1) is 12.5. The number of H-pyrrole nitrogens is 1. The number of rotatable bonds is 3. The summed E-state index contributed by atoms with van der Waals surface area (Å²) in [6, 6.07) is 1.14. The van der Waals surface area contributed by atoms with Crippen molar-refractivity contribution in [2.24, 2.45) is 0 Å². The van der Waals surface area contributed by atoms with Gasteiger partial charge < -0.3 is 19.4 Å². The van der Waals surface area contributed by atoms with Gasteiger partial charge in [-0.15, -0.1) is 0 Å². The van der Waals surface area contributed by atoms with E-state index in [1.54, 1.807) is 0 Å². The number of ether oxygens (including phenoxy) is 2. The van der Waals surface area contributed by atoms with Gasteiger partial charge in [0.25, 0.3) is 0 Å². The Kier molecular flexibility index (Phi) is 4.48. The fourth-order valence-corrected chi connectivity index (χ4v) is 3.55. The first kappa shape index (κ1) is 17.1. The number of piperidine rings is 1. The highest BCUT2D eigenvalue weighted by Gasteiger charge is 2.28. The molecule has 1 aliphatic heterocycles. The number of hydrogen-bond donors (Lipinski definition) is 1. The van der Waals surface area contributed by atoms with Crippen LogP contribution in [0.3, 0.4) is 0 Å². The summed E-state index contributed by atoms with van der Waals surface area (Å²) in [5, 5.41) is 0.191. The highest BCUT2D eigenvalue weighted by Crippen LogP contribution is 2.36. The van der Waals surface area contributed by atoms with Crippen molar-refractivity contribution in [3.8, 4) is 5.75 Å². The lowest BCUT2D eigenvalue weighted by Gasteiger charge is -2.30. The summed E-state index contributed by atoms with van der Waals surface area (Å²) in [4.78, 5) is 29.0. The van der Waals surface area contributed by atoms with E-state index >= 15 is 0 Å². The van der Waals surface area contributed by atoms with Gasteiger partial charge in [-0.3, -0.25) is 4.79 Å². The van der Waals surface area contributed by atoms with Gasteiger partial charge >= 0.3 is 6.16 Å². The van der Waals surface area contributed by atoms with Crippen LogP contribution in [0.2, 0.25) is 5.02 Å². The minimum absolute atomic E-state index is 0.0324. The summed E-state index contributed by atoms with van der Waals surface area (Å²) in [5.41, 5.74) is 0.00960. The number of benzene rings is 1. The van der Waals surface area contributed by atoms with E-state index < -0.39 is 17.4 Å². The van der Waals surface area contributed by atoms with Crippen molar-refractivity contribution in [2.45, 2.75) is 38.2 Å². The molecule has 0 amide bonds. The second kappa shape index (κ2) is 6.79. The van der Waals surface area contributed by atoms with Crippen LogP contribution in [-0.4, -0.2) is 30.3 Å². The molecule has 1 aromatic carbocycles. The molecule has 8 heteroatoms. The topological polar surface area (TPSA) is 71.6 Å². The second-order valence-electron chi connectivity index (χ2n) is 6.64. The van der Waals surface area contributed by atoms with Crippen LogP contribution in [0.15, 0.2) is 17.1 Å². The molecule has 0 bridgehead atoms. The van der Waals surface area contributed by atoms with Crippen LogP contribution in [0.1, 0.15) is 32.1 Å². The van der Waals surface area contributed by atoms with Gasteiger partial charge in [-0.2, -0.15) is 0 Å². The molecule has 2 fully saturated rings. The molecule has 6 nitrogen and oxygen atoms in total. The number of aromatic nitrogens is 1. The Balaban J connectivity index is 1.70. The van der Waals surface area contributed by atoms with Crippen LogP contribution < -0.4 is 15.1 Å². The molecule has 0 spiro atoms. The molecule has 0 radical (unpaired) electrons. The average molecular weight is 381 g/mol. The van der Waals surface area contributed by atoms with E-state index in [2.05, 4.69) is 4.98 Å². The van der Waals surface area contributed by atoms with Gasteiger partial charge in [0.2, 0.25) is 5.43 Å². The molecule has 1 saturated heterocycles. The molecule has 1 N–H and O–H groups in total. The fourth-order valence-electron chi connectivity index (χ4n) is 3.18. The Hall–Kier alpha value is -2.28. The largest absolute Gasteiger partial charge is 0.514 e. The van der Waals surface area contributed by atoms with Crippen LogP contribution in [-0.2, 0) is 4.74 Å². The van der Waals surface area contributed by atoms with Crippen molar-refractivity contribution in [3.63, 3.8) is 0 Å². The highest BCUT2D eigenvalue weighted by atomic mass is 35.5. The maximum absolute atomic E-state index is 14.7. The lowest BCUT2D eigenvalue weighted by Crippen LogP contribution is -2.30. The molecule has 1 aliphatic carbocycles. The Morgan fingerprint density at radius 3 is 2.69 bits per heavy atom. The Bertz CT molecular complexity index is 920. The molecule has 0 unspecified atom stereocenters. The minimum Gasteiger partial charge on any atom is -0.431 e. The first-order valence-corrected chi connectivity index (χ1v) is 9.09. The van der Waals surface area contributed by atoms with Crippen LogP contribution >= 0.6 is 11.6 Å². The smallest absolute Gasteiger partial charge is 0.431 e. The molecule has 2 aliphatic rings. The fraction of sp³-hybridized carbons (Fsp3) is 0.444. The van der Waals surface area contributed by atoms with Crippen LogP contribution in [0.4, 0.5) is 14.9 Å². The number of aromatic amines is 1. The van der Waals surface area contributed by atoms with Crippen molar-refractivity contribution in [2.75, 3.05) is 18.0 Å². The van der Waals surface area contributed by atoms with Crippen molar-refractivity contribution in [1.29, 1.82) is 0 Å². The van der Waals surface area contributed by atoms with Gasteiger partial charge in [-0.05, 0) is 38.2 Å². The summed E-state index contributed by atoms with van der Waals surface area (Å²) in [5.74, 6) is -0.808. The Morgan fingerprint density at radius 2 is 2.00 bits per heavy atom. The molecule has 2 heterocycles. The summed E-state index contributed by atoms with van der Waals surface area (Å²) in [7, 11) is 0. The van der Waals surface area contributed by atoms with Gasteiger partial charge in [-0.1, -0.05) is 11.6 Å². The molecule has 26 heavy (non-hydrogen) atoms. The third-order valence-electron chi connectivity index (χ3n) is 4.66. The third-order valence-corrected chi connectivity index (χ3v) is 5.03. The van der Waals surface area contributed by atoms with E-state index in [1.807, 2.05) is 4.90 Å². The number of nitrogens with zero attached hydrogens (tertiary/aromatic N) is 1. The molecule has 0 atom stereocenters. The van der Waals surface area contributed by atoms with Crippen LogP contribution in [0, 0.1) is 5.82 Å². The summed E-state index contributed by atoms with van der Waals surface area (Å²) >= 11 is 6.40. The van der Waals surface area contributed by atoms with E-state index in [9.17, 15) is 14.0 Å². The van der Waals surface area contributed by atoms with Crippen molar-refractivity contribution in [1.82, 2.24) is 4.98 Å². The average Bonchev–Trinajstić information content (AvgIpc) is 3.43. The zero-order chi connectivity index (χ0) is 18.3. The van der Waals surface area contributed by atoms with E-state index in [0.717, 1.165) is 51.3 Å². The molecule has 4 rings (SSSR count). The molecule has 138 valence electrons. The van der Waals surface area contributed by atoms with Crippen molar-refractivity contribution in [3.05, 3.63) is 33.3 Å². The molecule has 1 aromatic heterocycles. The number of pyridine rings is 1. The standard InChI is InChI=1S/C18H18ClFN2O4/c19-14-15-11(8-12(20)16(14)22-6-2-1-3-7-22)17(23)13(9-21-15)26-18(24)25-10-4-5-10/h8-10H,1-7H2,(H,21,23). The van der Waals surface area contributed by atoms with Crippen LogP contribution in [0.5, 0.6) is 5.75 Å². The summed E-state index contributed by atoms with van der Waals surface area (Å²) in [6.07, 6.45) is 4.82. The lowest BCUT2D eigenvalue weighted by atomic mass is 10.1. The van der Waals surface area contributed by atoms with Crippen LogP contribution in [0.25, 0.3) is 10.9 Å². The second-order valence-corrected chi connectivity index (χ2v) is 7.02. The van der Waals surface area contributed by atoms with Crippen molar-refractivity contribution >= 4 is 34.3 Å². The molecular formula is C18H18ClFN2O4. The van der Waals surface area contributed by atoms with E-state index in [-0.39, 0.29) is 22.3 Å². The zero-order valence-electron chi connectivity index (χ0n) is 14.0. The number of anilines is 1. The molecule has 2 aromatic rings. The van der Waals surface area contributed by atoms with E-state index in [0.29, 0.717) is 11.2 Å². The quantitative estimate of drug-likeness (QED) is 0.815. The third kappa shape index (κ3) is 3.23. The SMILES string of the molecule is O=C(Oc1c[nH]c2c(Cl)c(N3CCCCC3)c(F)cc2c1=O)OC1CC1. The summed E-state index contributed by atoms with van der Waals surface area (Å²) in [6.45, 7) is 1.45. The number of fused-ring (bicyclic) bond motifs is 1. The van der Waals surface area contributed by atoms with Gasteiger partial charge in [0.05, 0.1) is 21.6 Å². The van der Waals surface area contributed by atoms with Gasteiger partial charge in [0.1, 0.15) is 11.9 Å². The monoisotopic (exact) mass is 380 g/mol. The zero-order valence-corrected chi connectivity index (χ0v) is 14.8. The van der Waals surface area contributed by atoms with E-state index in [4.69, 9.17) is 21.1 Å². The lowest BCUT2D eigenvalue weighted by molar-refractivity contribution is 0.0921. The predicted octanol–water partition coefficient (Wildman–Crippen LogP) is 3.99. The number of carbonyl (C=O) groups is 1. The van der Waals surface area contributed by atoms with Gasteiger partial charge in [0.15, 0.2) is 5.75 Å². The molecule has 1 saturated carbocycles. The number of hydrogen-bond acceptors (Lipinski definition) is 5. The maximum atomic E-state index is 14.7. The number of halogens is 2. The Labute approximate surface area is 153 Å². The minimum atomic E-state index is -0.936. The Morgan fingerprint density at radius 1 is 1.27 bits per heavy atom. The predicted molar refractivity (Wildman–Crippen MR) is 95.7 cm³/mol. The first-order valence-electron chi connectivity index (χ1n) is 8.71. The number of nitrogens with one attached hydrogen (secondary N) is 1. The maximum Gasteiger partial charge on any atom is 0.514 e. The summed E-state index contributed by atoms with van der Waals surface area (Å²) < 4.78 is 24.6.